The summed E-state index contributed by atoms with van der Waals surface area (Å²) in [6.45, 7) is 0. The molecule has 0 aliphatic carbocycles. The van der Waals surface area contributed by atoms with Gasteiger partial charge < -0.3 is 9.88 Å². The van der Waals surface area contributed by atoms with Crippen LogP contribution < -0.4 is 5.32 Å². The van der Waals surface area contributed by atoms with E-state index in [-0.39, 0.29) is 11.7 Å². The number of hydrogen-bond acceptors (Lipinski definition) is 3. The summed E-state index contributed by atoms with van der Waals surface area (Å²) in [5, 5.41) is 3.04. The van der Waals surface area contributed by atoms with Gasteiger partial charge in [0.05, 0.1) is 0 Å². The summed E-state index contributed by atoms with van der Waals surface area (Å²) >= 11 is 1.74. The number of carbonyl (C=O) groups excluding carboxylic acids is 1. The number of thioether (sulfide) groups is 1. The van der Waals surface area contributed by atoms with Gasteiger partial charge in [0.25, 0.3) is 0 Å². The van der Waals surface area contributed by atoms with Crippen molar-refractivity contribution in [1.29, 1.82) is 0 Å². The van der Waals surface area contributed by atoms with Gasteiger partial charge in [-0.3, -0.25) is 4.79 Å². The quantitative estimate of drug-likeness (QED) is 0.465. The second-order valence-electron chi connectivity index (χ2n) is 6.21. The van der Waals surface area contributed by atoms with Gasteiger partial charge in [-0.15, -0.1) is 11.8 Å². The molecule has 0 bridgehead atoms. The number of hydrogen-bond donors (Lipinski definition) is 1. The molecule has 1 N–H and O–H groups in total. The molecule has 1 aromatic heterocycles. The molecule has 3 rings (SSSR count). The van der Waals surface area contributed by atoms with Crippen LogP contribution in [-0.4, -0.2) is 21.2 Å². The lowest BCUT2D eigenvalue weighted by molar-refractivity contribution is -0.121. The van der Waals surface area contributed by atoms with Gasteiger partial charge in [-0.2, -0.15) is 0 Å². The highest BCUT2D eigenvalue weighted by Gasteiger charge is 2.20. The first-order valence-electron chi connectivity index (χ1n) is 8.83. The zero-order valence-electron chi connectivity index (χ0n) is 15.1. The van der Waals surface area contributed by atoms with Gasteiger partial charge in [0.2, 0.25) is 5.91 Å². The Hall–Kier alpha value is -2.60. The summed E-state index contributed by atoms with van der Waals surface area (Å²) in [5.41, 5.74) is 0.803. The van der Waals surface area contributed by atoms with Gasteiger partial charge in [0, 0.05) is 30.8 Å². The van der Waals surface area contributed by atoms with Gasteiger partial charge in [-0.1, -0.05) is 30.3 Å². The summed E-state index contributed by atoms with van der Waals surface area (Å²) in [6, 6.07) is 15.9. The first-order valence-corrected chi connectivity index (χ1v) is 9.82. The monoisotopic (exact) mass is 383 g/mol. The fourth-order valence-corrected chi connectivity index (χ4v) is 3.65. The maximum Gasteiger partial charge on any atom is 0.220 e. The number of carbonyl (C=O) groups is 1. The van der Waals surface area contributed by atoms with E-state index in [9.17, 15) is 9.18 Å². The molecule has 0 aliphatic rings. The summed E-state index contributed by atoms with van der Waals surface area (Å²) < 4.78 is 15.1. The molecule has 0 radical (unpaired) electrons. The van der Waals surface area contributed by atoms with E-state index >= 15 is 0 Å². The van der Waals surface area contributed by atoms with E-state index in [0.29, 0.717) is 12.2 Å². The van der Waals surface area contributed by atoms with Gasteiger partial charge in [0.1, 0.15) is 17.7 Å². The molecule has 1 atom stereocenters. The second-order valence-corrected chi connectivity index (χ2v) is 7.38. The Kier molecular flexibility index (Phi) is 6.65. The Labute approximate surface area is 162 Å². The van der Waals surface area contributed by atoms with Crippen LogP contribution in [0.3, 0.4) is 0 Å². The van der Waals surface area contributed by atoms with Crippen LogP contribution in [0.15, 0.2) is 71.9 Å². The van der Waals surface area contributed by atoms with E-state index in [1.165, 1.54) is 17.0 Å². The second kappa shape index (κ2) is 9.37. The first-order chi connectivity index (χ1) is 13.1. The number of halogens is 1. The topological polar surface area (TPSA) is 46.9 Å². The minimum absolute atomic E-state index is 0.0408. The van der Waals surface area contributed by atoms with Gasteiger partial charge in [-0.05, 0) is 42.0 Å². The van der Waals surface area contributed by atoms with E-state index in [1.807, 2.05) is 36.0 Å². The molecule has 140 valence electrons. The Morgan fingerprint density at radius 1 is 1.19 bits per heavy atom. The fourth-order valence-electron chi connectivity index (χ4n) is 2.78. The number of aromatic nitrogens is 2. The molecule has 2 aromatic carbocycles. The van der Waals surface area contributed by atoms with E-state index in [2.05, 4.69) is 22.4 Å². The van der Waals surface area contributed by atoms with Crippen LogP contribution in [0.2, 0.25) is 0 Å². The van der Waals surface area contributed by atoms with Crippen LogP contribution in [-0.2, 0) is 11.8 Å². The number of nitrogens with zero attached hydrogens (tertiary/aromatic N) is 2. The van der Waals surface area contributed by atoms with Crippen LogP contribution in [0.1, 0.15) is 30.3 Å². The number of benzene rings is 2. The lowest BCUT2D eigenvalue weighted by Crippen LogP contribution is -2.31. The molecule has 4 nitrogen and oxygen atoms in total. The Morgan fingerprint density at radius 2 is 1.93 bits per heavy atom. The fraction of sp³-hybridized carbons (Fsp3) is 0.238. The first kappa shape index (κ1) is 19.2. The van der Waals surface area contributed by atoms with E-state index in [4.69, 9.17) is 0 Å². The number of imidazole rings is 1. The third-order valence-corrected chi connectivity index (χ3v) is 5.28. The third-order valence-electron chi connectivity index (χ3n) is 4.19. The molecule has 0 saturated carbocycles. The van der Waals surface area contributed by atoms with E-state index in [0.717, 1.165) is 17.7 Å². The molecule has 27 heavy (non-hydrogen) atoms. The average Bonchev–Trinajstić information content (AvgIpc) is 3.11. The number of nitrogens with one attached hydrogen (secondary N) is 1. The Bertz CT molecular complexity index is 865. The molecule has 0 spiro atoms. The van der Waals surface area contributed by atoms with Gasteiger partial charge >= 0.3 is 0 Å². The minimum atomic E-state index is -0.403. The van der Waals surface area contributed by atoms with Crippen molar-refractivity contribution < 1.29 is 9.18 Å². The molecule has 3 aromatic rings. The zero-order valence-corrected chi connectivity index (χ0v) is 16.0. The smallest absolute Gasteiger partial charge is 0.220 e. The van der Waals surface area contributed by atoms with Crippen molar-refractivity contribution in [3.05, 3.63) is 84.2 Å². The number of rotatable bonds is 8. The summed E-state index contributed by atoms with van der Waals surface area (Å²) in [5.74, 6) is 1.25. The highest BCUT2D eigenvalue weighted by atomic mass is 32.2. The van der Waals surface area contributed by atoms with Crippen molar-refractivity contribution in [3.8, 4) is 0 Å². The Morgan fingerprint density at radius 3 is 2.59 bits per heavy atom. The van der Waals surface area contributed by atoms with E-state index < -0.39 is 6.04 Å². The SMILES string of the molecule is Cn1ccnc1[C@H](NC(=O)CCCSc1ccccc1)c1ccc(F)cc1. The van der Waals surface area contributed by atoms with Crippen molar-refractivity contribution >= 4 is 17.7 Å². The maximum atomic E-state index is 13.3. The molecule has 6 heteroatoms. The van der Waals surface area contributed by atoms with Crippen LogP contribution in [0.5, 0.6) is 0 Å². The van der Waals surface area contributed by atoms with Crippen molar-refractivity contribution in [2.24, 2.45) is 7.05 Å². The number of aryl methyl sites for hydroxylation is 1. The van der Waals surface area contributed by atoms with Crippen LogP contribution in [0.4, 0.5) is 4.39 Å². The highest BCUT2D eigenvalue weighted by molar-refractivity contribution is 7.99. The summed E-state index contributed by atoms with van der Waals surface area (Å²) in [4.78, 5) is 18.0. The number of amides is 1. The van der Waals surface area contributed by atoms with Crippen LogP contribution in [0, 0.1) is 5.82 Å². The summed E-state index contributed by atoms with van der Waals surface area (Å²) in [7, 11) is 1.88. The molecule has 0 aliphatic heterocycles. The van der Waals surface area contributed by atoms with Gasteiger partial charge in [-0.25, -0.2) is 9.37 Å². The lowest BCUT2D eigenvalue weighted by atomic mass is 10.1. The highest BCUT2D eigenvalue weighted by Crippen LogP contribution is 2.22. The lowest BCUT2D eigenvalue weighted by Gasteiger charge is -2.19. The third kappa shape index (κ3) is 5.44. The van der Waals surface area contributed by atoms with Crippen LogP contribution in [0.25, 0.3) is 0 Å². The van der Waals surface area contributed by atoms with Gasteiger partial charge in [0.15, 0.2) is 0 Å². The molecule has 1 amide bonds. The van der Waals surface area contributed by atoms with Crippen molar-refractivity contribution in [3.63, 3.8) is 0 Å². The summed E-state index contributed by atoms with van der Waals surface area (Å²) in [6.07, 6.45) is 4.73. The molecule has 0 unspecified atom stereocenters. The molecular weight excluding hydrogens is 361 g/mol. The predicted molar refractivity (Wildman–Crippen MR) is 106 cm³/mol. The normalized spacial score (nSPS) is 11.9. The maximum absolute atomic E-state index is 13.3. The Balaban J connectivity index is 1.59. The minimum Gasteiger partial charge on any atom is -0.342 e. The molecular formula is C21H22FN3OS. The zero-order chi connectivity index (χ0) is 19.1. The van der Waals surface area contributed by atoms with Crippen molar-refractivity contribution in [2.75, 3.05) is 5.75 Å². The molecule has 0 saturated heterocycles. The molecule has 1 heterocycles. The van der Waals surface area contributed by atoms with Crippen molar-refractivity contribution in [2.45, 2.75) is 23.8 Å². The predicted octanol–water partition coefficient (Wildman–Crippen LogP) is 4.34. The van der Waals surface area contributed by atoms with Crippen LogP contribution >= 0.6 is 11.8 Å². The van der Waals surface area contributed by atoms with Crippen molar-refractivity contribution in [1.82, 2.24) is 14.9 Å². The average molecular weight is 383 g/mol. The molecule has 0 fully saturated rings. The standard InChI is InChI=1S/C21H22FN3OS/c1-25-14-13-23-21(25)20(16-9-11-17(22)12-10-16)24-19(26)8-5-15-27-18-6-3-2-4-7-18/h2-4,6-7,9-14,20H,5,8,15H2,1H3,(H,24,26)/t20-/m1/s1. The van der Waals surface area contributed by atoms with E-state index in [1.54, 1.807) is 30.1 Å². The largest absolute Gasteiger partial charge is 0.342 e.